The zero-order valence-corrected chi connectivity index (χ0v) is 26.5. The van der Waals surface area contributed by atoms with E-state index >= 15 is 0 Å². The number of carbonyl (C=O) groups is 1. The van der Waals surface area contributed by atoms with Gasteiger partial charge in [-0.3, -0.25) is 4.79 Å². The summed E-state index contributed by atoms with van der Waals surface area (Å²) in [4.78, 5) is 12.4. The van der Waals surface area contributed by atoms with Crippen molar-refractivity contribution < 1.29 is 28.5 Å². The Bertz CT molecular complexity index is 1260. The van der Waals surface area contributed by atoms with Gasteiger partial charge in [-0.1, -0.05) is 26.0 Å². The number of methoxy groups -OCH3 is 4. The number of nitrogens with one attached hydrogen (secondary N) is 1. The maximum atomic E-state index is 12.4. The quantitative estimate of drug-likeness (QED) is 0.352. The molecule has 230 valence electrons. The van der Waals surface area contributed by atoms with E-state index in [-0.39, 0.29) is 17.8 Å². The topological polar surface area (TPSA) is 75.3 Å². The molecule has 1 N–H and O–H groups in total. The molecule has 42 heavy (non-hydrogen) atoms. The highest BCUT2D eigenvalue weighted by Gasteiger charge is 2.59. The standard InChI is InChI=1S/C22H26O6.C13H23N/c1-24-18-7-5-14(11-20(18)26-3)9-16-13-28-22(23)17(16)10-15-6-8-19(25-2)21(12-15)27-4;1-11-4-10-5-12(2,7-11)9-13(6-10,8-11)14-3/h5-8,11-12,16-17H,9-10,13H2,1-4H3;10,14H,4-9H2,1-3H3/t16-,17+;/m0./s1. The number of hydrogen-bond acceptors (Lipinski definition) is 7. The summed E-state index contributed by atoms with van der Waals surface area (Å²) < 4.78 is 26.7. The van der Waals surface area contributed by atoms with Gasteiger partial charge < -0.3 is 29.0 Å². The molecule has 4 atom stereocenters. The van der Waals surface area contributed by atoms with Crippen molar-refractivity contribution in [3.05, 3.63) is 47.5 Å². The van der Waals surface area contributed by atoms with E-state index in [1.807, 2.05) is 36.4 Å². The number of benzene rings is 2. The van der Waals surface area contributed by atoms with Gasteiger partial charge in [0.2, 0.25) is 0 Å². The monoisotopic (exact) mass is 579 g/mol. The molecule has 0 amide bonds. The molecule has 1 heterocycles. The molecular formula is C35H49NO6. The number of rotatable bonds is 9. The highest BCUT2D eigenvalue weighted by Crippen LogP contribution is 2.66. The molecule has 7 heteroatoms. The van der Waals surface area contributed by atoms with Crippen LogP contribution < -0.4 is 24.3 Å². The van der Waals surface area contributed by atoms with Crippen molar-refractivity contribution in [2.45, 2.75) is 70.8 Å². The van der Waals surface area contributed by atoms with Gasteiger partial charge in [0.1, 0.15) is 0 Å². The summed E-state index contributed by atoms with van der Waals surface area (Å²) in [5.74, 6) is 3.46. The van der Waals surface area contributed by atoms with Crippen LogP contribution in [0.1, 0.15) is 63.5 Å². The fourth-order valence-corrected chi connectivity index (χ4v) is 9.35. The Morgan fingerprint density at radius 1 is 0.762 bits per heavy atom. The smallest absolute Gasteiger partial charge is 0.309 e. The summed E-state index contributed by atoms with van der Waals surface area (Å²) in [6, 6.07) is 11.6. The van der Waals surface area contributed by atoms with Crippen LogP contribution in [0.2, 0.25) is 0 Å². The first-order valence-electron chi connectivity index (χ1n) is 15.3. The van der Waals surface area contributed by atoms with Crippen LogP contribution >= 0.6 is 0 Å². The second-order valence-electron chi connectivity index (χ2n) is 13.9. The molecule has 2 unspecified atom stereocenters. The third-order valence-corrected chi connectivity index (χ3v) is 10.3. The highest BCUT2D eigenvalue weighted by atomic mass is 16.5. The van der Waals surface area contributed by atoms with Crippen molar-refractivity contribution in [3.63, 3.8) is 0 Å². The summed E-state index contributed by atoms with van der Waals surface area (Å²) in [6.45, 7) is 5.48. The van der Waals surface area contributed by atoms with E-state index in [4.69, 9.17) is 23.7 Å². The van der Waals surface area contributed by atoms with E-state index in [0.29, 0.717) is 52.4 Å². The fraction of sp³-hybridized carbons (Fsp3) is 0.629. The van der Waals surface area contributed by atoms with Gasteiger partial charge in [0.15, 0.2) is 23.0 Å². The molecule has 5 aliphatic rings. The molecule has 7 rings (SSSR count). The Hall–Kier alpha value is -2.93. The second-order valence-corrected chi connectivity index (χ2v) is 13.9. The predicted octanol–water partition coefficient (Wildman–Crippen LogP) is 6.25. The van der Waals surface area contributed by atoms with E-state index in [1.54, 1.807) is 28.4 Å². The number of hydrogen-bond donors (Lipinski definition) is 1. The lowest BCUT2D eigenvalue weighted by atomic mass is 9.43. The first kappa shape index (κ1) is 30.5. The first-order valence-corrected chi connectivity index (χ1v) is 15.3. The van der Waals surface area contributed by atoms with E-state index in [2.05, 4.69) is 26.2 Å². The van der Waals surface area contributed by atoms with Crippen molar-refractivity contribution in [1.29, 1.82) is 0 Å². The lowest BCUT2D eigenvalue weighted by molar-refractivity contribution is -0.141. The number of ether oxygens (including phenoxy) is 5. The minimum atomic E-state index is -0.203. The van der Waals surface area contributed by atoms with E-state index in [1.165, 1.54) is 38.5 Å². The normalized spacial score (nSPS) is 32.5. The number of cyclic esters (lactones) is 1. The zero-order chi connectivity index (χ0) is 30.1. The van der Waals surface area contributed by atoms with Crippen LogP contribution in [-0.2, 0) is 22.4 Å². The van der Waals surface area contributed by atoms with Crippen molar-refractivity contribution >= 4 is 5.97 Å². The van der Waals surface area contributed by atoms with Gasteiger partial charge >= 0.3 is 5.97 Å². The summed E-state index contributed by atoms with van der Waals surface area (Å²) >= 11 is 0. The van der Waals surface area contributed by atoms with Gasteiger partial charge in [-0.05, 0) is 111 Å². The number of esters is 1. The zero-order valence-electron chi connectivity index (χ0n) is 26.5. The van der Waals surface area contributed by atoms with Crippen LogP contribution in [-0.4, -0.2) is 53.6 Å². The SMILES string of the molecule is CNC12CC3CC(C)(CC(C)(C3)C1)C2.COc1ccc(C[C@H]2COC(=O)[C@@H]2Cc2ccc(OC)c(OC)c2)cc1OC. The Morgan fingerprint density at radius 2 is 1.29 bits per heavy atom. The molecule has 5 fully saturated rings. The lowest BCUT2D eigenvalue weighted by Gasteiger charge is -2.65. The summed E-state index contributed by atoms with van der Waals surface area (Å²) in [7, 11) is 8.61. The summed E-state index contributed by atoms with van der Waals surface area (Å²) in [5, 5.41) is 3.66. The first-order chi connectivity index (χ1) is 20.1. The summed E-state index contributed by atoms with van der Waals surface area (Å²) in [5.41, 5.74) is 3.94. The van der Waals surface area contributed by atoms with Crippen molar-refractivity contribution in [2.24, 2.45) is 28.6 Å². The van der Waals surface area contributed by atoms with Crippen LogP contribution in [0.3, 0.4) is 0 Å². The number of carbonyl (C=O) groups excluding carboxylic acids is 1. The maximum absolute atomic E-state index is 12.4. The second kappa shape index (κ2) is 12.0. The third-order valence-electron chi connectivity index (χ3n) is 10.3. The molecule has 4 aliphatic carbocycles. The van der Waals surface area contributed by atoms with Gasteiger partial charge in [0.25, 0.3) is 0 Å². The minimum Gasteiger partial charge on any atom is -0.493 e. The lowest BCUT2D eigenvalue weighted by Crippen LogP contribution is -2.63. The Balaban J connectivity index is 0.000000208. The fourth-order valence-electron chi connectivity index (χ4n) is 9.35. The van der Waals surface area contributed by atoms with E-state index < -0.39 is 0 Å². The van der Waals surface area contributed by atoms with Crippen LogP contribution in [0.5, 0.6) is 23.0 Å². The summed E-state index contributed by atoms with van der Waals surface area (Å²) in [6.07, 6.45) is 10.1. The molecule has 1 saturated heterocycles. The molecule has 2 aromatic rings. The van der Waals surface area contributed by atoms with Crippen molar-refractivity contribution in [2.75, 3.05) is 42.1 Å². The predicted molar refractivity (Wildman–Crippen MR) is 164 cm³/mol. The van der Waals surface area contributed by atoms with Crippen LogP contribution in [0.4, 0.5) is 0 Å². The molecule has 4 bridgehead atoms. The van der Waals surface area contributed by atoms with E-state index in [9.17, 15) is 4.79 Å². The molecule has 0 spiro atoms. The molecule has 4 saturated carbocycles. The average Bonchev–Trinajstić information content (AvgIpc) is 3.29. The minimum absolute atomic E-state index is 0.0960. The Morgan fingerprint density at radius 3 is 1.76 bits per heavy atom. The van der Waals surface area contributed by atoms with Gasteiger partial charge in [-0.2, -0.15) is 0 Å². The van der Waals surface area contributed by atoms with Gasteiger partial charge in [-0.15, -0.1) is 0 Å². The van der Waals surface area contributed by atoms with Crippen LogP contribution in [0.15, 0.2) is 36.4 Å². The Kier molecular flexibility index (Phi) is 8.71. The van der Waals surface area contributed by atoms with Crippen molar-refractivity contribution in [3.8, 4) is 23.0 Å². The average molecular weight is 580 g/mol. The Labute approximate surface area is 251 Å². The van der Waals surface area contributed by atoms with Gasteiger partial charge in [0, 0.05) is 11.5 Å². The molecule has 2 aromatic carbocycles. The molecule has 0 radical (unpaired) electrons. The largest absolute Gasteiger partial charge is 0.493 e. The highest BCUT2D eigenvalue weighted by molar-refractivity contribution is 5.75. The van der Waals surface area contributed by atoms with Gasteiger partial charge in [-0.25, -0.2) is 0 Å². The molecule has 7 nitrogen and oxygen atoms in total. The maximum Gasteiger partial charge on any atom is 0.309 e. The van der Waals surface area contributed by atoms with Crippen molar-refractivity contribution in [1.82, 2.24) is 5.32 Å². The third kappa shape index (κ3) is 6.22. The van der Waals surface area contributed by atoms with E-state index in [0.717, 1.165) is 23.5 Å². The van der Waals surface area contributed by atoms with Crippen LogP contribution in [0, 0.1) is 28.6 Å². The molecule has 1 aliphatic heterocycles. The van der Waals surface area contributed by atoms with Gasteiger partial charge in [0.05, 0.1) is 41.0 Å². The molecular weight excluding hydrogens is 530 g/mol. The molecule has 0 aromatic heterocycles. The van der Waals surface area contributed by atoms with Crippen LogP contribution in [0.25, 0.3) is 0 Å².